The molecule has 0 saturated heterocycles. The first-order valence-electron chi connectivity index (χ1n) is 4.61. The lowest BCUT2D eigenvalue weighted by molar-refractivity contribution is 0.323. The van der Waals surface area contributed by atoms with Crippen LogP contribution in [0, 0.1) is 0 Å². The van der Waals surface area contributed by atoms with E-state index < -0.39 is 22.0 Å². The summed E-state index contributed by atoms with van der Waals surface area (Å²) in [6.45, 7) is -0.371. The minimum Gasteiger partial charge on any atom is -0.344 e. The molecule has 0 saturated carbocycles. The van der Waals surface area contributed by atoms with Gasteiger partial charge in [0.1, 0.15) is 11.9 Å². The number of unbranched alkanes of at least 4 members (excludes halogenated alkanes) is 3. The van der Waals surface area contributed by atoms with E-state index in [1.807, 2.05) is 0 Å². The summed E-state index contributed by atoms with van der Waals surface area (Å²) in [7, 11) is -4.21. The minimum absolute atomic E-state index is 0. The topological polar surface area (TPSA) is 89.4 Å². The molecule has 1 atom stereocenters. The first kappa shape index (κ1) is 17.1. The first-order chi connectivity index (χ1) is 6.45. The van der Waals surface area contributed by atoms with Crippen molar-refractivity contribution >= 4 is 10.1 Å². The van der Waals surface area contributed by atoms with Gasteiger partial charge in [-0.25, -0.2) is 4.39 Å². The van der Waals surface area contributed by atoms with Crippen LogP contribution in [0.25, 0.3) is 0 Å². The zero-order chi connectivity index (χ0) is 11.0. The fourth-order valence-corrected chi connectivity index (χ4v) is 1.75. The van der Waals surface area contributed by atoms with Gasteiger partial charge in [0.15, 0.2) is 0 Å². The Hall–Kier alpha value is -0.270. The molecule has 0 spiro atoms. The van der Waals surface area contributed by atoms with E-state index >= 15 is 0 Å². The van der Waals surface area contributed by atoms with Crippen LogP contribution < -0.4 is 6.15 Å². The van der Waals surface area contributed by atoms with Crippen molar-refractivity contribution in [3.63, 3.8) is 0 Å². The van der Waals surface area contributed by atoms with Crippen molar-refractivity contribution in [1.82, 2.24) is 6.15 Å². The van der Waals surface area contributed by atoms with Gasteiger partial charge in [-0.3, -0.25) is 8.94 Å². The van der Waals surface area contributed by atoms with Gasteiger partial charge < -0.3 is 6.15 Å². The molecule has 94 valence electrons. The monoisotopic (exact) mass is 247 g/mol. The number of rotatable bonds is 8. The van der Waals surface area contributed by atoms with Crippen molar-refractivity contribution < 1.29 is 21.8 Å². The van der Waals surface area contributed by atoms with Crippen LogP contribution in [0.1, 0.15) is 32.1 Å². The summed E-state index contributed by atoms with van der Waals surface area (Å²) in [5, 5.41) is 0. The molecule has 0 aliphatic heterocycles. The second kappa shape index (κ2) is 8.99. The Bertz CT molecular complexity index is 234. The van der Waals surface area contributed by atoms with Crippen LogP contribution >= 0.6 is 0 Å². The molecule has 4 N–H and O–H groups in total. The molecule has 0 fully saturated rings. The third kappa shape index (κ3) is 13.7. The summed E-state index contributed by atoms with van der Waals surface area (Å²) in [4.78, 5) is 0. The van der Waals surface area contributed by atoms with Crippen molar-refractivity contribution in [2.45, 2.75) is 38.3 Å². The summed E-state index contributed by atoms with van der Waals surface area (Å²) in [5.41, 5.74) is 0. The van der Waals surface area contributed by atoms with Gasteiger partial charge in [0.2, 0.25) is 0 Å². The molecule has 1 unspecified atom stereocenters. The number of halogens is 2. The highest BCUT2D eigenvalue weighted by molar-refractivity contribution is 7.85. The molecule has 0 radical (unpaired) electrons. The molecule has 15 heavy (non-hydrogen) atoms. The van der Waals surface area contributed by atoms with E-state index in [4.69, 9.17) is 4.55 Å². The zero-order valence-corrected chi connectivity index (χ0v) is 9.48. The van der Waals surface area contributed by atoms with Gasteiger partial charge in [-0.1, -0.05) is 19.3 Å². The third-order valence-corrected chi connectivity index (χ3v) is 2.58. The molecule has 0 aromatic carbocycles. The summed E-state index contributed by atoms with van der Waals surface area (Å²) < 4.78 is 53.2. The molecule has 0 bridgehead atoms. The van der Waals surface area contributed by atoms with Crippen molar-refractivity contribution in [3.05, 3.63) is 0 Å². The Labute approximate surface area is 89.4 Å². The van der Waals surface area contributed by atoms with E-state index in [0.29, 0.717) is 25.7 Å². The standard InChI is InChI=1S/C8H16F2O3S.H3N/c9-6-4-2-1-3-5-8(10)7-14(11,12)13;/h8H,1-7H2,(H,11,12,13);1H3. The number of alkyl halides is 2. The predicted octanol–water partition coefficient (Wildman–Crippen LogP) is 2.29. The van der Waals surface area contributed by atoms with Gasteiger partial charge in [-0.15, -0.1) is 0 Å². The van der Waals surface area contributed by atoms with Gasteiger partial charge in [0.05, 0.1) is 6.67 Å². The summed E-state index contributed by atoms with van der Waals surface area (Å²) in [5.74, 6) is -0.837. The highest BCUT2D eigenvalue weighted by atomic mass is 32.2. The lowest BCUT2D eigenvalue weighted by atomic mass is 10.1. The van der Waals surface area contributed by atoms with Crippen LogP contribution in [0.4, 0.5) is 8.78 Å². The Kier molecular flexibility index (Phi) is 10.3. The molecule has 0 aliphatic rings. The number of hydrogen-bond acceptors (Lipinski definition) is 3. The molecular formula is C8H19F2NO3S. The fourth-order valence-electron chi connectivity index (χ4n) is 1.13. The molecule has 0 aliphatic carbocycles. The van der Waals surface area contributed by atoms with Gasteiger partial charge in [0.25, 0.3) is 10.1 Å². The molecule has 0 amide bonds. The minimum atomic E-state index is -4.21. The Morgan fingerprint density at radius 3 is 2.13 bits per heavy atom. The van der Waals surface area contributed by atoms with Crippen LogP contribution in [-0.2, 0) is 10.1 Å². The van der Waals surface area contributed by atoms with Gasteiger partial charge in [-0.05, 0) is 12.8 Å². The third-order valence-electron chi connectivity index (χ3n) is 1.79. The molecule has 0 aromatic heterocycles. The van der Waals surface area contributed by atoms with Gasteiger partial charge >= 0.3 is 0 Å². The van der Waals surface area contributed by atoms with Crippen molar-refractivity contribution in [1.29, 1.82) is 0 Å². The average molecular weight is 247 g/mol. The van der Waals surface area contributed by atoms with E-state index in [9.17, 15) is 17.2 Å². The van der Waals surface area contributed by atoms with E-state index in [-0.39, 0.29) is 19.2 Å². The lowest BCUT2D eigenvalue weighted by Gasteiger charge is -2.05. The van der Waals surface area contributed by atoms with Crippen LogP contribution in [0.3, 0.4) is 0 Å². The predicted molar refractivity (Wildman–Crippen MR) is 55.4 cm³/mol. The molecule has 0 aromatic rings. The second-order valence-electron chi connectivity index (χ2n) is 3.24. The average Bonchev–Trinajstić information content (AvgIpc) is 2.00. The Morgan fingerprint density at radius 1 is 1.13 bits per heavy atom. The largest absolute Gasteiger partial charge is 0.344 e. The highest BCUT2D eigenvalue weighted by Gasteiger charge is 2.14. The normalized spacial score (nSPS) is 13.3. The van der Waals surface area contributed by atoms with Crippen molar-refractivity contribution in [2.75, 3.05) is 12.4 Å². The Morgan fingerprint density at radius 2 is 1.67 bits per heavy atom. The summed E-state index contributed by atoms with van der Waals surface area (Å²) in [6.07, 6.45) is 0.957. The zero-order valence-electron chi connectivity index (χ0n) is 8.66. The SMILES string of the molecule is N.O=S(=O)(O)CC(F)CCCCCCF. The highest BCUT2D eigenvalue weighted by Crippen LogP contribution is 2.09. The molecule has 4 nitrogen and oxygen atoms in total. The second-order valence-corrected chi connectivity index (χ2v) is 4.73. The molecule has 0 heterocycles. The summed E-state index contributed by atoms with van der Waals surface area (Å²) in [6, 6.07) is 0. The fraction of sp³-hybridized carbons (Fsp3) is 1.00. The first-order valence-corrected chi connectivity index (χ1v) is 6.22. The maximum atomic E-state index is 12.8. The van der Waals surface area contributed by atoms with Crippen LogP contribution in [0.15, 0.2) is 0 Å². The van der Waals surface area contributed by atoms with Crippen LogP contribution in [0.2, 0.25) is 0 Å². The van der Waals surface area contributed by atoms with Crippen molar-refractivity contribution in [2.24, 2.45) is 0 Å². The lowest BCUT2D eigenvalue weighted by Crippen LogP contribution is -2.16. The van der Waals surface area contributed by atoms with E-state index in [0.717, 1.165) is 0 Å². The van der Waals surface area contributed by atoms with Gasteiger partial charge in [0, 0.05) is 0 Å². The quantitative estimate of drug-likeness (QED) is 0.508. The van der Waals surface area contributed by atoms with Crippen molar-refractivity contribution in [3.8, 4) is 0 Å². The van der Waals surface area contributed by atoms with Crippen LogP contribution in [0.5, 0.6) is 0 Å². The van der Waals surface area contributed by atoms with E-state index in [2.05, 4.69) is 0 Å². The van der Waals surface area contributed by atoms with E-state index in [1.54, 1.807) is 0 Å². The molecule has 0 rings (SSSR count). The maximum absolute atomic E-state index is 12.8. The Balaban J connectivity index is 0. The smallest absolute Gasteiger partial charge is 0.267 e. The van der Waals surface area contributed by atoms with Crippen LogP contribution in [-0.4, -0.2) is 31.6 Å². The number of hydrogen-bond donors (Lipinski definition) is 2. The van der Waals surface area contributed by atoms with E-state index in [1.165, 1.54) is 0 Å². The van der Waals surface area contributed by atoms with Gasteiger partial charge in [-0.2, -0.15) is 8.42 Å². The molecule has 7 heteroatoms. The summed E-state index contributed by atoms with van der Waals surface area (Å²) >= 11 is 0. The maximum Gasteiger partial charge on any atom is 0.267 e. The molecular weight excluding hydrogens is 228 g/mol.